The summed E-state index contributed by atoms with van der Waals surface area (Å²) in [6.07, 6.45) is 2.92. The monoisotopic (exact) mass is 409 g/mol. The number of benzene rings is 2. The van der Waals surface area contributed by atoms with Gasteiger partial charge in [0.05, 0.1) is 19.8 Å². The normalized spacial score (nSPS) is 18.5. The molecule has 2 heterocycles. The minimum absolute atomic E-state index is 0.0923. The summed E-state index contributed by atoms with van der Waals surface area (Å²) >= 11 is 0. The van der Waals surface area contributed by atoms with E-state index < -0.39 is 0 Å². The molecule has 2 amide bonds. The molecule has 30 heavy (non-hydrogen) atoms. The molecule has 7 nitrogen and oxygen atoms in total. The zero-order valence-electron chi connectivity index (χ0n) is 17.1. The summed E-state index contributed by atoms with van der Waals surface area (Å²) < 4.78 is 11.6. The van der Waals surface area contributed by atoms with Crippen LogP contribution in [0.1, 0.15) is 41.2 Å². The van der Waals surface area contributed by atoms with Crippen molar-refractivity contribution in [2.75, 3.05) is 38.7 Å². The van der Waals surface area contributed by atoms with Crippen molar-refractivity contribution in [2.45, 2.75) is 25.3 Å². The molecule has 4 rings (SSSR count). The number of ether oxygens (including phenoxy) is 2. The molecule has 0 aliphatic carbocycles. The maximum Gasteiger partial charge on any atom is 0.251 e. The van der Waals surface area contributed by atoms with Crippen LogP contribution in [0.2, 0.25) is 0 Å². The van der Waals surface area contributed by atoms with Crippen molar-refractivity contribution in [1.29, 1.82) is 0 Å². The zero-order chi connectivity index (χ0) is 20.9. The van der Waals surface area contributed by atoms with Crippen LogP contribution in [0.4, 0.5) is 5.69 Å². The maximum atomic E-state index is 12.7. The SMILES string of the molecule is CNC(=O)c1cccc(NC(=O)CN2CCC[C@H]2c2ccc3c(c2)OCCCO3)c1. The molecule has 2 aliphatic heterocycles. The summed E-state index contributed by atoms with van der Waals surface area (Å²) in [7, 11) is 1.58. The first kappa shape index (κ1) is 20.2. The van der Waals surface area contributed by atoms with Gasteiger partial charge in [0.25, 0.3) is 5.91 Å². The highest BCUT2D eigenvalue weighted by molar-refractivity contribution is 5.97. The van der Waals surface area contributed by atoms with Crippen LogP contribution in [0.15, 0.2) is 42.5 Å². The number of likely N-dealkylation sites (tertiary alicyclic amines) is 1. The van der Waals surface area contributed by atoms with Crippen molar-refractivity contribution in [3.63, 3.8) is 0 Å². The van der Waals surface area contributed by atoms with Crippen LogP contribution in [0.5, 0.6) is 11.5 Å². The van der Waals surface area contributed by atoms with Gasteiger partial charge in [-0.1, -0.05) is 12.1 Å². The van der Waals surface area contributed by atoms with Crippen LogP contribution in [-0.4, -0.2) is 50.1 Å². The van der Waals surface area contributed by atoms with Gasteiger partial charge in [-0.05, 0) is 55.3 Å². The van der Waals surface area contributed by atoms with Crippen LogP contribution in [0.25, 0.3) is 0 Å². The van der Waals surface area contributed by atoms with Gasteiger partial charge in [-0.25, -0.2) is 0 Å². The van der Waals surface area contributed by atoms with Crippen molar-refractivity contribution >= 4 is 17.5 Å². The number of carbonyl (C=O) groups excluding carboxylic acids is 2. The summed E-state index contributed by atoms with van der Waals surface area (Å²) in [5.41, 5.74) is 2.28. The average molecular weight is 409 g/mol. The van der Waals surface area contributed by atoms with Gasteiger partial charge in [-0.3, -0.25) is 14.5 Å². The lowest BCUT2D eigenvalue weighted by Gasteiger charge is -2.25. The van der Waals surface area contributed by atoms with E-state index in [1.807, 2.05) is 12.1 Å². The fraction of sp³-hybridized carbons (Fsp3) is 0.391. The molecule has 2 aromatic rings. The summed E-state index contributed by atoms with van der Waals surface area (Å²) in [5, 5.41) is 5.50. The van der Waals surface area contributed by atoms with Gasteiger partial charge in [-0.15, -0.1) is 0 Å². The number of nitrogens with zero attached hydrogens (tertiary/aromatic N) is 1. The molecule has 1 saturated heterocycles. The second-order valence-corrected chi connectivity index (χ2v) is 7.59. The van der Waals surface area contributed by atoms with Crippen LogP contribution in [-0.2, 0) is 4.79 Å². The van der Waals surface area contributed by atoms with Crippen molar-refractivity contribution in [1.82, 2.24) is 10.2 Å². The summed E-state index contributed by atoms with van der Waals surface area (Å²) in [5.74, 6) is 1.30. The number of nitrogens with one attached hydrogen (secondary N) is 2. The van der Waals surface area contributed by atoms with Gasteiger partial charge in [-0.2, -0.15) is 0 Å². The zero-order valence-corrected chi connectivity index (χ0v) is 17.1. The van der Waals surface area contributed by atoms with E-state index in [0.29, 0.717) is 31.0 Å². The third kappa shape index (κ3) is 4.57. The molecular weight excluding hydrogens is 382 g/mol. The Morgan fingerprint density at radius 3 is 2.73 bits per heavy atom. The largest absolute Gasteiger partial charge is 0.490 e. The predicted molar refractivity (Wildman–Crippen MR) is 114 cm³/mol. The third-order valence-corrected chi connectivity index (χ3v) is 5.50. The molecule has 2 aliphatic rings. The Morgan fingerprint density at radius 1 is 1.07 bits per heavy atom. The van der Waals surface area contributed by atoms with Crippen molar-refractivity contribution < 1.29 is 19.1 Å². The number of fused-ring (bicyclic) bond motifs is 1. The van der Waals surface area contributed by atoms with Crippen molar-refractivity contribution in [3.8, 4) is 11.5 Å². The highest BCUT2D eigenvalue weighted by Crippen LogP contribution is 2.37. The molecule has 2 N–H and O–H groups in total. The Balaban J connectivity index is 1.42. The maximum absolute atomic E-state index is 12.7. The quantitative estimate of drug-likeness (QED) is 0.794. The number of hydrogen-bond acceptors (Lipinski definition) is 5. The molecule has 158 valence electrons. The fourth-order valence-electron chi connectivity index (χ4n) is 4.05. The second-order valence-electron chi connectivity index (χ2n) is 7.59. The number of hydrogen-bond donors (Lipinski definition) is 2. The summed E-state index contributed by atoms with van der Waals surface area (Å²) in [4.78, 5) is 26.7. The smallest absolute Gasteiger partial charge is 0.251 e. The summed E-state index contributed by atoms with van der Waals surface area (Å²) in [6.45, 7) is 2.49. The van der Waals surface area contributed by atoms with Gasteiger partial charge in [0, 0.05) is 30.8 Å². The van der Waals surface area contributed by atoms with Crippen molar-refractivity contribution in [3.05, 3.63) is 53.6 Å². The highest BCUT2D eigenvalue weighted by Gasteiger charge is 2.28. The lowest BCUT2D eigenvalue weighted by Crippen LogP contribution is -2.33. The molecule has 0 aromatic heterocycles. The Hall–Kier alpha value is -3.06. The first-order valence-corrected chi connectivity index (χ1v) is 10.4. The van der Waals surface area contributed by atoms with Crippen LogP contribution in [0.3, 0.4) is 0 Å². The van der Waals surface area contributed by atoms with E-state index in [1.54, 1.807) is 31.3 Å². The van der Waals surface area contributed by atoms with E-state index in [-0.39, 0.29) is 17.9 Å². The second kappa shape index (κ2) is 9.17. The standard InChI is InChI=1S/C23H27N3O4/c1-24-23(28)17-5-2-6-18(13-17)25-22(27)15-26-10-3-7-19(26)16-8-9-20-21(14-16)30-12-4-11-29-20/h2,5-6,8-9,13-14,19H,3-4,7,10-12,15H2,1H3,(H,24,28)(H,25,27)/t19-/m0/s1. The third-order valence-electron chi connectivity index (χ3n) is 5.50. The molecule has 1 fully saturated rings. The first-order valence-electron chi connectivity index (χ1n) is 10.4. The van der Waals surface area contributed by atoms with Crippen LogP contribution >= 0.6 is 0 Å². The van der Waals surface area contributed by atoms with Gasteiger partial charge >= 0.3 is 0 Å². The van der Waals surface area contributed by atoms with Crippen molar-refractivity contribution in [2.24, 2.45) is 0 Å². The van der Waals surface area contributed by atoms with Gasteiger partial charge in [0.2, 0.25) is 5.91 Å². The minimum Gasteiger partial charge on any atom is -0.490 e. The summed E-state index contributed by atoms with van der Waals surface area (Å²) in [6, 6.07) is 13.2. The Bertz CT molecular complexity index is 930. The molecule has 0 radical (unpaired) electrons. The molecule has 1 atom stereocenters. The Labute approximate surface area is 176 Å². The number of rotatable bonds is 5. The minimum atomic E-state index is -0.180. The molecular formula is C23H27N3O4. The Morgan fingerprint density at radius 2 is 1.90 bits per heavy atom. The molecule has 7 heteroatoms. The van der Waals surface area contributed by atoms with Crippen LogP contribution < -0.4 is 20.1 Å². The number of anilines is 1. The molecule has 0 saturated carbocycles. The number of carbonyl (C=O) groups is 2. The molecule has 0 spiro atoms. The Kier molecular flexibility index (Phi) is 6.18. The molecule has 2 aromatic carbocycles. The highest BCUT2D eigenvalue weighted by atomic mass is 16.5. The van der Waals surface area contributed by atoms with E-state index in [4.69, 9.17) is 9.47 Å². The molecule has 0 unspecified atom stereocenters. The van der Waals surface area contributed by atoms with Gasteiger partial charge < -0.3 is 20.1 Å². The average Bonchev–Trinajstić information content (AvgIpc) is 3.08. The molecule has 0 bridgehead atoms. The number of amides is 2. The lowest BCUT2D eigenvalue weighted by atomic mass is 10.0. The fourth-order valence-corrected chi connectivity index (χ4v) is 4.05. The van der Waals surface area contributed by atoms with E-state index in [1.165, 1.54) is 0 Å². The van der Waals surface area contributed by atoms with Gasteiger partial charge in [0.15, 0.2) is 11.5 Å². The predicted octanol–water partition coefficient (Wildman–Crippen LogP) is 2.98. The topological polar surface area (TPSA) is 79.9 Å². The first-order chi connectivity index (χ1) is 14.6. The van der Waals surface area contributed by atoms with Crippen LogP contribution in [0, 0.1) is 0 Å². The van der Waals surface area contributed by atoms with E-state index in [0.717, 1.165) is 42.9 Å². The van der Waals surface area contributed by atoms with E-state index >= 15 is 0 Å². The van der Waals surface area contributed by atoms with E-state index in [9.17, 15) is 9.59 Å². The van der Waals surface area contributed by atoms with E-state index in [2.05, 4.69) is 21.6 Å². The van der Waals surface area contributed by atoms with Gasteiger partial charge in [0.1, 0.15) is 0 Å². The lowest BCUT2D eigenvalue weighted by molar-refractivity contribution is -0.117.